The highest BCUT2D eigenvalue weighted by molar-refractivity contribution is 5.94. The summed E-state index contributed by atoms with van der Waals surface area (Å²) < 4.78 is 1.48. The molecule has 116 valence electrons. The fourth-order valence-corrected chi connectivity index (χ4v) is 1.92. The van der Waals surface area contributed by atoms with Gasteiger partial charge in [-0.05, 0) is 18.6 Å². The molecule has 0 saturated carbocycles. The Kier molecular flexibility index (Phi) is 5.18. The third kappa shape index (κ3) is 4.11. The van der Waals surface area contributed by atoms with Gasteiger partial charge in [0.1, 0.15) is 6.04 Å². The first-order chi connectivity index (χ1) is 10.6. The number of carboxylic acids is 1. The zero-order valence-electron chi connectivity index (χ0n) is 12.1. The highest BCUT2D eigenvalue weighted by Gasteiger charge is 2.21. The molecule has 1 atom stereocenters. The molecule has 2 aromatic rings. The predicted molar refractivity (Wildman–Crippen MR) is 77.2 cm³/mol. The molecule has 0 aliphatic heterocycles. The zero-order valence-corrected chi connectivity index (χ0v) is 12.1. The molecule has 0 spiro atoms. The third-order valence-corrected chi connectivity index (χ3v) is 3.00. The number of nitrogens with one attached hydrogen (secondary N) is 1. The Balaban J connectivity index is 2.01. The fourth-order valence-electron chi connectivity index (χ4n) is 1.92. The van der Waals surface area contributed by atoms with Crippen LogP contribution in [0.5, 0.6) is 0 Å². The Hall–Kier alpha value is -2.77. The molecule has 1 amide bonds. The summed E-state index contributed by atoms with van der Waals surface area (Å²) in [5.41, 5.74) is 0.868. The van der Waals surface area contributed by atoms with Gasteiger partial charge in [-0.3, -0.25) is 9.78 Å². The van der Waals surface area contributed by atoms with Gasteiger partial charge < -0.3 is 10.4 Å². The summed E-state index contributed by atoms with van der Waals surface area (Å²) in [6.07, 6.45) is 4.16. The number of amides is 1. The summed E-state index contributed by atoms with van der Waals surface area (Å²) in [7, 11) is 0. The van der Waals surface area contributed by atoms with Crippen LogP contribution in [0.3, 0.4) is 0 Å². The molecule has 2 rings (SSSR count). The molecule has 0 radical (unpaired) electrons. The van der Waals surface area contributed by atoms with Crippen molar-refractivity contribution in [3.63, 3.8) is 0 Å². The molecule has 8 heteroatoms. The molecule has 0 aromatic carbocycles. The van der Waals surface area contributed by atoms with Gasteiger partial charge in [0.2, 0.25) is 0 Å². The summed E-state index contributed by atoms with van der Waals surface area (Å²) in [5.74, 6) is -1.61. The van der Waals surface area contributed by atoms with Gasteiger partial charge in [-0.25, -0.2) is 9.48 Å². The largest absolute Gasteiger partial charge is 0.480 e. The minimum Gasteiger partial charge on any atom is -0.480 e. The molecule has 1 unspecified atom stereocenters. The van der Waals surface area contributed by atoms with Gasteiger partial charge in [0.15, 0.2) is 5.69 Å². The van der Waals surface area contributed by atoms with Gasteiger partial charge in [0, 0.05) is 6.20 Å². The molecule has 2 N–H and O–H groups in total. The van der Waals surface area contributed by atoms with E-state index in [2.05, 4.69) is 20.6 Å². The lowest BCUT2D eigenvalue weighted by Gasteiger charge is -2.11. The van der Waals surface area contributed by atoms with E-state index in [1.807, 2.05) is 25.1 Å². The second-order valence-corrected chi connectivity index (χ2v) is 4.78. The Morgan fingerprint density at radius 3 is 2.86 bits per heavy atom. The highest BCUT2D eigenvalue weighted by Crippen LogP contribution is 2.02. The lowest BCUT2D eigenvalue weighted by atomic mass is 10.1. The minimum atomic E-state index is -1.06. The number of carbonyl (C=O) groups excluding carboxylic acids is 1. The number of aromatic nitrogens is 4. The number of hydrogen-bond donors (Lipinski definition) is 2. The molecule has 0 saturated heterocycles. The van der Waals surface area contributed by atoms with Crippen molar-refractivity contribution >= 4 is 11.9 Å². The van der Waals surface area contributed by atoms with Crippen LogP contribution in [-0.4, -0.2) is 43.0 Å². The standard InChI is InChI=1S/C14H17N5O3/c1-2-5-11(14(21)22)16-13(20)12-9-19(18-17-12)8-10-6-3-4-7-15-10/h3-4,6-7,9,11H,2,5,8H2,1H3,(H,16,20)(H,21,22). The average Bonchev–Trinajstić information content (AvgIpc) is 2.96. The number of carboxylic acid groups (broad SMARTS) is 1. The van der Waals surface area contributed by atoms with Crippen molar-refractivity contribution in [1.82, 2.24) is 25.3 Å². The quantitative estimate of drug-likeness (QED) is 0.779. The van der Waals surface area contributed by atoms with Crippen molar-refractivity contribution in [2.45, 2.75) is 32.4 Å². The van der Waals surface area contributed by atoms with Crippen LogP contribution >= 0.6 is 0 Å². The first-order valence-electron chi connectivity index (χ1n) is 6.94. The maximum atomic E-state index is 12.0. The van der Waals surface area contributed by atoms with Gasteiger partial charge in [0.05, 0.1) is 18.4 Å². The van der Waals surface area contributed by atoms with E-state index >= 15 is 0 Å². The summed E-state index contributed by atoms with van der Waals surface area (Å²) in [5, 5.41) is 19.1. The molecule has 8 nitrogen and oxygen atoms in total. The summed E-state index contributed by atoms with van der Waals surface area (Å²) in [4.78, 5) is 27.2. The Labute approximate surface area is 127 Å². The summed E-state index contributed by atoms with van der Waals surface area (Å²) >= 11 is 0. The first-order valence-corrected chi connectivity index (χ1v) is 6.94. The van der Waals surface area contributed by atoms with Crippen LogP contribution < -0.4 is 5.32 Å². The highest BCUT2D eigenvalue weighted by atomic mass is 16.4. The van der Waals surface area contributed by atoms with E-state index in [1.165, 1.54) is 10.9 Å². The van der Waals surface area contributed by atoms with Crippen LogP contribution in [0, 0.1) is 0 Å². The second kappa shape index (κ2) is 7.30. The zero-order chi connectivity index (χ0) is 15.9. The van der Waals surface area contributed by atoms with Crippen LogP contribution in [0.2, 0.25) is 0 Å². The average molecular weight is 303 g/mol. The molecule has 2 heterocycles. The molecule has 2 aromatic heterocycles. The van der Waals surface area contributed by atoms with E-state index in [1.54, 1.807) is 6.20 Å². The number of pyridine rings is 1. The summed E-state index contributed by atoms with van der Waals surface area (Å²) in [6, 6.07) is 4.58. The van der Waals surface area contributed by atoms with Gasteiger partial charge in [-0.15, -0.1) is 5.10 Å². The maximum Gasteiger partial charge on any atom is 0.326 e. The second-order valence-electron chi connectivity index (χ2n) is 4.78. The van der Waals surface area contributed by atoms with E-state index in [4.69, 9.17) is 5.11 Å². The molecular weight excluding hydrogens is 286 g/mol. The first kappa shape index (κ1) is 15.6. The van der Waals surface area contributed by atoms with Crippen molar-refractivity contribution in [2.24, 2.45) is 0 Å². The van der Waals surface area contributed by atoms with Gasteiger partial charge >= 0.3 is 5.97 Å². The molecule has 22 heavy (non-hydrogen) atoms. The van der Waals surface area contributed by atoms with Crippen molar-refractivity contribution in [3.8, 4) is 0 Å². The Bertz CT molecular complexity index is 641. The van der Waals surface area contributed by atoms with Gasteiger partial charge in [-0.1, -0.05) is 24.6 Å². The number of nitrogens with zero attached hydrogens (tertiary/aromatic N) is 4. The molecule has 0 bridgehead atoms. The van der Waals surface area contributed by atoms with Crippen molar-refractivity contribution in [3.05, 3.63) is 42.0 Å². The predicted octanol–water partition coefficient (Wildman–Crippen LogP) is 0.704. The van der Waals surface area contributed by atoms with Crippen molar-refractivity contribution in [1.29, 1.82) is 0 Å². The lowest BCUT2D eigenvalue weighted by Crippen LogP contribution is -2.40. The monoisotopic (exact) mass is 303 g/mol. The van der Waals surface area contributed by atoms with E-state index in [0.717, 1.165) is 5.69 Å². The van der Waals surface area contributed by atoms with E-state index in [-0.39, 0.29) is 5.69 Å². The van der Waals surface area contributed by atoms with Crippen LogP contribution in [0.1, 0.15) is 35.9 Å². The molecular formula is C14H17N5O3. The maximum absolute atomic E-state index is 12.0. The Morgan fingerprint density at radius 2 is 2.23 bits per heavy atom. The smallest absolute Gasteiger partial charge is 0.326 e. The van der Waals surface area contributed by atoms with Gasteiger partial charge in [-0.2, -0.15) is 0 Å². The SMILES string of the molecule is CCCC(NC(=O)c1cn(Cc2ccccn2)nn1)C(=O)O. The topological polar surface area (TPSA) is 110 Å². The number of rotatable bonds is 7. The van der Waals surface area contributed by atoms with Crippen LogP contribution in [0.4, 0.5) is 0 Å². The van der Waals surface area contributed by atoms with Crippen LogP contribution in [-0.2, 0) is 11.3 Å². The lowest BCUT2D eigenvalue weighted by molar-refractivity contribution is -0.139. The number of aliphatic carboxylic acids is 1. The van der Waals surface area contributed by atoms with Crippen molar-refractivity contribution < 1.29 is 14.7 Å². The van der Waals surface area contributed by atoms with E-state index in [9.17, 15) is 9.59 Å². The molecule has 0 aliphatic rings. The normalized spacial score (nSPS) is 11.9. The van der Waals surface area contributed by atoms with E-state index in [0.29, 0.717) is 19.4 Å². The van der Waals surface area contributed by atoms with Crippen molar-refractivity contribution in [2.75, 3.05) is 0 Å². The minimum absolute atomic E-state index is 0.0817. The van der Waals surface area contributed by atoms with Crippen LogP contribution in [0.25, 0.3) is 0 Å². The Morgan fingerprint density at radius 1 is 1.41 bits per heavy atom. The molecule has 0 fully saturated rings. The number of hydrogen-bond acceptors (Lipinski definition) is 5. The molecule has 0 aliphatic carbocycles. The third-order valence-electron chi connectivity index (χ3n) is 3.00. The van der Waals surface area contributed by atoms with Gasteiger partial charge in [0.25, 0.3) is 5.91 Å². The van der Waals surface area contributed by atoms with E-state index < -0.39 is 17.9 Å². The van der Waals surface area contributed by atoms with Crippen LogP contribution in [0.15, 0.2) is 30.6 Å². The summed E-state index contributed by atoms with van der Waals surface area (Å²) in [6.45, 7) is 2.24. The number of carbonyl (C=O) groups is 2. The fraction of sp³-hybridized carbons (Fsp3) is 0.357.